The van der Waals surface area contributed by atoms with Gasteiger partial charge in [-0.25, -0.2) is 0 Å². The van der Waals surface area contributed by atoms with Crippen molar-refractivity contribution in [3.63, 3.8) is 0 Å². The van der Waals surface area contributed by atoms with Gasteiger partial charge in [0.05, 0.1) is 0 Å². The SMILES string of the molecule is CN(C)C=O.Cl.O=C(O)C1CCN1. The molecule has 0 aliphatic carbocycles. The number of carbonyl (C=O) groups is 2. The predicted octanol–water partition coefficient (Wildman–Crippen LogP) is -0.441. The second kappa shape index (κ2) is 7.82. The van der Waals surface area contributed by atoms with Crippen molar-refractivity contribution in [1.29, 1.82) is 0 Å². The molecule has 1 aliphatic heterocycles. The van der Waals surface area contributed by atoms with E-state index in [1.54, 1.807) is 14.1 Å². The Kier molecular flexibility index (Phi) is 8.84. The fourth-order valence-corrected chi connectivity index (χ4v) is 0.499. The molecule has 1 unspecified atom stereocenters. The summed E-state index contributed by atoms with van der Waals surface area (Å²) in [6.07, 6.45) is 1.54. The van der Waals surface area contributed by atoms with E-state index in [2.05, 4.69) is 5.32 Å². The third-order valence-corrected chi connectivity index (χ3v) is 1.33. The maximum atomic E-state index is 9.92. The molecule has 0 spiro atoms. The maximum absolute atomic E-state index is 9.92. The van der Waals surface area contributed by atoms with Gasteiger partial charge in [0.25, 0.3) is 0 Å². The van der Waals surface area contributed by atoms with Crippen LogP contribution in [0.1, 0.15) is 6.42 Å². The summed E-state index contributed by atoms with van der Waals surface area (Å²) in [6.45, 7) is 0.858. The quantitative estimate of drug-likeness (QED) is 0.607. The third kappa shape index (κ3) is 7.55. The monoisotopic (exact) mass is 210 g/mol. The zero-order chi connectivity index (χ0) is 9.56. The number of rotatable bonds is 2. The third-order valence-electron chi connectivity index (χ3n) is 1.33. The molecule has 1 saturated heterocycles. The van der Waals surface area contributed by atoms with E-state index in [9.17, 15) is 9.59 Å². The number of carboxylic acid groups (broad SMARTS) is 1. The maximum Gasteiger partial charge on any atom is 0.320 e. The van der Waals surface area contributed by atoms with E-state index >= 15 is 0 Å². The summed E-state index contributed by atoms with van der Waals surface area (Å²) in [6, 6.07) is -0.250. The fraction of sp³-hybridized carbons (Fsp3) is 0.714. The average molecular weight is 211 g/mol. The Morgan fingerprint density at radius 1 is 1.62 bits per heavy atom. The predicted molar refractivity (Wildman–Crippen MR) is 51.0 cm³/mol. The van der Waals surface area contributed by atoms with E-state index in [1.165, 1.54) is 4.90 Å². The van der Waals surface area contributed by atoms with Crippen LogP contribution in [0, 0.1) is 0 Å². The molecule has 0 aromatic carbocycles. The summed E-state index contributed by atoms with van der Waals surface area (Å²) in [5.74, 6) is -0.730. The average Bonchev–Trinajstić information content (AvgIpc) is 1.83. The summed E-state index contributed by atoms with van der Waals surface area (Å²) >= 11 is 0. The van der Waals surface area contributed by atoms with Crippen LogP contribution in [0.4, 0.5) is 0 Å². The molecule has 5 nitrogen and oxygen atoms in total. The first-order valence-electron chi connectivity index (χ1n) is 3.66. The standard InChI is InChI=1S/C4H7NO2.C3H7NO.ClH/c6-4(7)3-1-2-5-3;1-4(2)3-5;/h3,5H,1-2H2,(H,6,7);3H,1-2H3;1H. The second-order valence-corrected chi connectivity index (χ2v) is 2.70. The molecule has 0 bridgehead atoms. The molecular weight excluding hydrogens is 196 g/mol. The van der Waals surface area contributed by atoms with Crippen molar-refractivity contribution in [3.8, 4) is 0 Å². The van der Waals surface area contributed by atoms with Gasteiger partial charge in [-0.15, -0.1) is 12.4 Å². The molecular formula is C7H15ClN2O3. The zero-order valence-corrected chi connectivity index (χ0v) is 8.50. The minimum Gasteiger partial charge on any atom is -0.480 e. The van der Waals surface area contributed by atoms with Gasteiger partial charge in [0.15, 0.2) is 0 Å². The minimum absolute atomic E-state index is 0. The molecule has 13 heavy (non-hydrogen) atoms. The van der Waals surface area contributed by atoms with Gasteiger partial charge in [-0.2, -0.15) is 0 Å². The number of carbonyl (C=O) groups excluding carboxylic acids is 1. The van der Waals surface area contributed by atoms with Crippen LogP contribution in [-0.4, -0.2) is 49.1 Å². The van der Waals surface area contributed by atoms with E-state index in [1.807, 2.05) is 0 Å². The van der Waals surface area contributed by atoms with E-state index in [4.69, 9.17) is 5.11 Å². The Bertz CT molecular complexity index is 160. The van der Waals surface area contributed by atoms with Crippen LogP contribution >= 0.6 is 12.4 Å². The van der Waals surface area contributed by atoms with Gasteiger partial charge in [-0.05, 0) is 13.0 Å². The van der Waals surface area contributed by atoms with Gasteiger partial charge >= 0.3 is 5.97 Å². The first kappa shape index (κ1) is 14.7. The molecule has 2 N–H and O–H groups in total. The Morgan fingerprint density at radius 3 is 2.00 bits per heavy atom. The van der Waals surface area contributed by atoms with Gasteiger partial charge in [0, 0.05) is 14.1 Å². The topological polar surface area (TPSA) is 69.6 Å². The Labute approximate surface area is 83.5 Å². The Balaban J connectivity index is 0. The highest BCUT2D eigenvalue weighted by Crippen LogP contribution is 1.99. The number of hydrogen-bond acceptors (Lipinski definition) is 3. The van der Waals surface area contributed by atoms with Crippen molar-refractivity contribution >= 4 is 24.8 Å². The molecule has 1 heterocycles. The van der Waals surface area contributed by atoms with Crippen LogP contribution < -0.4 is 5.32 Å². The number of nitrogens with zero attached hydrogens (tertiary/aromatic N) is 1. The van der Waals surface area contributed by atoms with Crippen LogP contribution in [0.5, 0.6) is 0 Å². The Hall–Kier alpha value is -0.810. The molecule has 0 radical (unpaired) electrons. The van der Waals surface area contributed by atoms with E-state index < -0.39 is 5.97 Å². The van der Waals surface area contributed by atoms with E-state index in [0.717, 1.165) is 19.4 Å². The summed E-state index contributed by atoms with van der Waals surface area (Å²) in [7, 11) is 3.38. The lowest BCUT2D eigenvalue weighted by Crippen LogP contribution is -2.48. The van der Waals surface area contributed by atoms with Gasteiger partial charge in [-0.3, -0.25) is 9.59 Å². The molecule has 1 amide bonds. The zero-order valence-electron chi connectivity index (χ0n) is 7.69. The summed E-state index contributed by atoms with van der Waals surface area (Å²) in [5.41, 5.74) is 0. The van der Waals surface area contributed by atoms with Crippen molar-refractivity contribution in [2.45, 2.75) is 12.5 Å². The molecule has 78 valence electrons. The normalized spacial score (nSPS) is 18.2. The number of hydrogen-bond donors (Lipinski definition) is 2. The largest absolute Gasteiger partial charge is 0.480 e. The van der Waals surface area contributed by atoms with Crippen LogP contribution in [0.15, 0.2) is 0 Å². The molecule has 1 atom stereocenters. The molecule has 0 saturated carbocycles. The molecule has 0 aromatic rings. The molecule has 1 aliphatic rings. The highest BCUT2D eigenvalue weighted by molar-refractivity contribution is 5.85. The smallest absolute Gasteiger partial charge is 0.320 e. The van der Waals surface area contributed by atoms with Gasteiger partial charge in [-0.1, -0.05) is 0 Å². The Morgan fingerprint density at radius 2 is 2.00 bits per heavy atom. The van der Waals surface area contributed by atoms with Crippen molar-refractivity contribution in [2.75, 3.05) is 20.6 Å². The number of aliphatic carboxylic acids is 1. The van der Waals surface area contributed by atoms with Gasteiger partial charge < -0.3 is 15.3 Å². The number of amides is 1. The second-order valence-electron chi connectivity index (χ2n) is 2.70. The van der Waals surface area contributed by atoms with Crippen molar-refractivity contribution < 1.29 is 14.7 Å². The van der Waals surface area contributed by atoms with Crippen molar-refractivity contribution in [3.05, 3.63) is 0 Å². The van der Waals surface area contributed by atoms with Crippen LogP contribution in [0.2, 0.25) is 0 Å². The summed E-state index contributed by atoms with van der Waals surface area (Å²) in [4.78, 5) is 20.8. The summed E-state index contributed by atoms with van der Waals surface area (Å²) in [5, 5.41) is 10.9. The van der Waals surface area contributed by atoms with Gasteiger partial charge in [0.2, 0.25) is 6.41 Å². The van der Waals surface area contributed by atoms with Crippen LogP contribution in [-0.2, 0) is 9.59 Å². The first-order chi connectivity index (χ1) is 5.57. The highest BCUT2D eigenvalue weighted by atomic mass is 35.5. The first-order valence-corrected chi connectivity index (χ1v) is 3.66. The van der Waals surface area contributed by atoms with Crippen LogP contribution in [0.3, 0.4) is 0 Å². The van der Waals surface area contributed by atoms with Crippen molar-refractivity contribution in [1.82, 2.24) is 10.2 Å². The molecule has 1 fully saturated rings. The highest BCUT2D eigenvalue weighted by Gasteiger charge is 2.22. The lowest BCUT2D eigenvalue weighted by atomic mass is 10.1. The van der Waals surface area contributed by atoms with Crippen LogP contribution in [0.25, 0.3) is 0 Å². The molecule has 1 rings (SSSR count). The number of halogens is 1. The van der Waals surface area contributed by atoms with Gasteiger partial charge in [0.1, 0.15) is 6.04 Å². The molecule has 0 aromatic heterocycles. The fourth-order valence-electron chi connectivity index (χ4n) is 0.499. The molecule has 6 heteroatoms. The number of carboxylic acids is 1. The van der Waals surface area contributed by atoms with E-state index in [-0.39, 0.29) is 18.4 Å². The minimum atomic E-state index is -0.730. The lowest BCUT2D eigenvalue weighted by molar-refractivity contribution is -0.141. The van der Waals surface area contributed by atoms with E-state index in [0.29, 0.717) is 0 Å². The lowest BCUT2D eigenvalue weighted by Gasteiger charge is -2.22. The number of nitrogens with one attached hydrogen (secondary N) is 1. The summed E-state index contributed by atoms with van der Waals surface area (Å²) < 4.78 is 0. The van der Waals surface area contributed by atoms with Crippen molar-refractivity contribution in [2.24, 2.45) is 0 Å².